The average molecular weight is 458 g/mol. The third-order valence-corrected chi connectivity index (χ3v) is 5.30. The Morgan fingerprint density at radius 1 is 0.618 bits per heavy atom. The summed E-state index contributed by atoms with van der Waals surface area (Å²) in [5.41, 5.74) is 0.976. The van der Waals surface area contributed by atoms with Crippen LogP contribution in [0.25, 0.3) is 6.08 Å². The molecule has 0 N–H and O–H groups in total. The van der Waals surface area contributed by atoms with Gasteiger partial charge in [0.05, 0.1) is 32.7 Å². The molecule has 1 saturated heterocycles. The quantitative estimate of drug-likeness (QED) is 0.405. The van der Waals surface area contributed by atoms with Crippen LogP contribution < -0.4 is 24.0 Å². The van der Waals surface area contributed by atoms with Crippen LogP contribution in [0.1, 0.15) is 5.56 Å². The lowest BCUT2D eigenvalue weighted by atomic mass is 10.0. The molecule has 4 rings (SSSR count). The fourth-order valence-electron chi connectivity index (χ4n) is 3.55. The van der Waals surface area contributed by atoms with E-state index in [0.717, 1.165) is 9.80 Å². The fourth-order valence-corrected chi connectivity index (χ4v) is 3.55. The van der Waals surface area contributed by atoms with Crippen molar-refractivity contribution in [3.63, 3.8) is 0 Å². The molecule has 3 aromatic rings. The smallest absolute Gasteiger partial charge is 0.343 e. The van der Waals surface area contributed by atoms with E-state index in [2.05, 4.69) is 0 Å². The van der Waals surface area contributed by atoms with E-state index in [4.69, 9.17) is 14.2 Å². The molecule has 0 aliphatic carbocycles. The van der Waals surface area contributed by atoms with E-state index in [-0.39, 0.29) is 16.9 Å². The van der Waals surface area contributed by atoms with E-state index >= 15 is 0 Å². The Hall–Kier alpha value is -4.59. The van der Waals surface area contributed by atoms with Crippen LogP contribution in [-0.4, -0.2) is 39.2 Å². The Bertz CT molecular complexity index is 1210. The summed E-state index contributed by atoms with van der Waals surface area (Å²) < 4.78 is 15.7. The minimum atomic E-state index is -0.802. The minimum absolute atomic E-state index is 0.171. The Kier molecular flexibility index (Phi) is 6.31. The first-order chi connectivity index (χ1) is 16.5. The van der Waals surface area contributed by atoms with Gasteiger partial charge in [-0.1, -0.05) is 24.3 Å². The van der Waals surface area contributed by atoms with E-state index in [1.165, 1.54) is 20.3 Å². The average Bonchev–Trinajstić information content (AvgIpc) is 2.87. The number of carbonyl (C=O) groups is 3. The second kappa shape index (κ2) is 9.50. The van der Waals surface area contributed by atoms with Crippen molar-refractivity contribution < 1.29 is 28.6 Å². The Morgan fingerprint density at radius 3 is 1.53 bits per heavy atom. The summed E-state index contributed by atoms with van der Waals surface area (Å²) in [6.07, 6.45) is 1.46. The number of hydrogen-bond donors (Lipinski definition) is 0. The SMILES string of the molecule is COc1ccc(C=C2C(=O)N(c3cccc(OC)c3)C(=O)N(c3cccc(OC)c3)C2=O)cc1. The highest BCUT2D eigenvalue weighted by Gasteiger charge is 2.44. The molecule has 8 heteroatoms. The van der Waals surface area contributed by atoms with Crippen molar-refractivity contribution >= 4 is 35.3 Å². The molecule has 8 nitrogen and oxygen atoms in total. The number of methoxy groups -OCH3 is 3. The van der Waals surface area contributed by atoms with E-state index in [1.54, 1.807) is 79.9 Å². The van der Waals surface area contributed by atoms with Gasteiger partial charge in [-0.25, -0.2) is 14.6 Å². The largest absolute Gasteiger partial charge is 0.497 e. The number of imide groups is 2. The zero-order valence-corrected chi connectivity index (χ0v) is 18.8. The van der Waals surface area contributed by atoms with Crippen molar-refractivity contribution in [2.45, 2.75) is 0 Å². The molecule has 34 heavy (non-hydrogen) atoms. The zero-order chi connectivity index (χ0) is 24.2. The molecule has 1 aliphatic heterocycles. The van der Waals surface area contributed by atoms with Gasteiger partial charge in [-0.05, 0) is 48.0 Å². The van der Waals surface area contributed by atoms with Crippen LogP contribution in [0.2, 0.25) is 0 Å². The molecule has 0 aromatic heterocycles. The summed E-state index contributed by atoms with van der Waals surface area (Å²) in [7, 11) is 4.52. The zero-order valence-electron chi connectivity index (χ0n) is 18.8. The van der Waals surface area contributed by atoms with Crippen molar-refractivity contribution in [1.82, 2.24) is 0 Å². The predicted molar refractivity (Wildman–Crippen MR) is 127 cm³/mol. The second-order valence-corrected chi connectivity index (χ2v) is 7.30. The van der Waals surface area contributed by atoms with Crippen LogP contribution in [0.15, 0.2) is 78.4 Å². The van der Waals surface area contributed by atoms with Crippen LogP contribution in [-0.2, 0) is 9.59 Å². The first-order valence-corrected chi connectivity index (χ1v) is 10.3. The monoisotopic (exact) mass is 458 g/mol. The maximum absolute atomic E-state index is 13.5. The molecular weight excluding hydrogens is 436 g/mol. The van der Waals surface area contributed by atoms with Gasteiger partial charge in [0.25, 0.3) is 11.8 Å². The van der Waals surface area contributed by atoms with Crippen molar-refractivity contribution in [3.05, 3.63) is 83.9 Å². The summed E-state index contributed by atoms with van der Waals surface area (Å²) in [5.74, 6) is 0.0818. The molecule has 0 saturated carbocycles. The number of barbiturate groups is 1. The Balaban J connectivity index is 1.86. The minimum Gasteiger partial charge on any atom is -0.497 e. The van der Waals surface area contributed by atoms with Gasteiger partial charge in [-0.3, -0.25) is 9.59 Å². The lowest BCUT2D eigenvalue weighted by molar-refractivity contribution is -0.121. The molecule has 1 aliphatic rings. The normalized spacial score (nSPS) is 13.7. The number of hydrogen-bond acceptors (Lipinski definition) is 6. The standard InChI is InChI=1S/C26H22N2O6/c1-32-20-12-10-17(11-13-20)14-23-24(29)27(18-6-4-8-21(15-18)33-2)26(31)28(25(23)30)19-7-5-9-22(16-19)34-3/h4-16H,1-3H3. The van der Waals surface area contributed by atoms with Crippen molar-refractivity contribution in [2.24, 2.45) is 0 Å². The van der Waals surface area contributed by atoms with Gasteiger partial charge in [-0.15, -0.1) is 0 Å². The van der Waals surface area contributed by atoms with Crippen molar-refractivity contribution in [2.75, 3.05) is 31.1 Å². The van der Waals surface area contributed by atoms with Crippen molar-refractivity contribution in [1.29, 1.82) is 0 Å². The molecule has 1 heterocycles. The van der Waals surface area contributed by atoms with Crippen LogP contribution in [0.4, 0.5) is 16.2 Å². The number of urea groups is 1. The highest BCUT2D eigenvalue weighted by atomic mass is 16.5. The molecule has 0 atom stereocenters. The van der Waals surface area contributed by atoms with Gasteiger partial charge < -0.3 is 14.2 Å². The molecule has 4 amide bonds. The third kappa shape index (κ3) is 4.21. The molecule has 3 aromatic carbocycles. The topological polar surface area (TPSA) is 85.4 Å². The Labute approximate surface area is 196 Å². The maximum Gasteiger partial charge on any atom is 0.343 e. The molecule has 172 valence electrons. The van der Waals surface area contributed by atoms with Gasteiger partial charge in [-0.2, -0.15) is 0 Å². The van der Waals surface area contributed by atoms with Gasteiger partial charge in [0.1, 0.15) is 22.8 Å². The lowest BCUT2D eigenvalue weighted by Crippen LogP contribution is -2.57. The van der Waals surface area contributed by atoms with E-state index < -0.39 is 17.8 Å². The molecule has 0 radical (unpaired) electrons. The van der Waals surface area contributed by atoms with Gasteiger partial charge >= 0.3 is 6.03 Å². The number of nitrogens with zero attached hydrogens (tertiary/aromatic N) is 2. The molecule has 0 bridgehead atoms. The number of rotatable bonds is 6. The second-order valence-electron chi connectivity index (χ2n) is 7.30. The summed E-state index contributed by atoms with van der Waals surface area (Å²) in [6.45, 7) is 0. The number of benzene rings is 3. The molecular formula is C26H22N2O6. The molecule has 0 unspecified atom stereocenters. The number of anilines is 2. The van der Waals surface area contributed by atoms with Crippen LogP contribution in [0.3, 0.4) is 0 Å². The van der Waals surface area contributed by atoms with Crippen LogP contribution >= 0.6 is 0 Å². The Morgan fingerprint density at radius 2 is 1.09 bits per heavy atom. The van der Waals surface area contributed by atoms with E-state index in [9.17, 15) is 14.4 Å². The lowest BCUT2D eigenvalue weighted by Gasteiger charge is -2.34. The molecule has 0 spiro atoms. The van der Waals surface area contributed by atoms with Crippen LogP contribution in [0.5, 0.6) is 17.2 Å². The fraction of sp³-hybridized carbons (Fsp3) is 0.115. The number of amides is 4. The predicted octanol–water partition coefficient (Wildman–Crippen LogP) is 4.30. The van der Waals surface area contributed by atoms with Crippen molar-refractivity contribution in [3.8, 4) is 17.2 Å². The highest BCUT2D eigenvalue weighted by Crippen LogP contribution is 2.32. The first kappa shape index (κ1) is 22.6. The summed E-state index contributed by atoms with van der Waals surface area (Å²) in [5, 5.41) is 0. The summed E-state index contributed by atoms with van der Waals surface area (Å²) >= 11 is 0. The third-order valence-electron chi connectivity index (χ3n) is 5.30. The summed E-state index contributed by atoms with van der Waals surface area (Å²) in [6, 6.07) is 19.1. The maximum atomic E-state index is 13.5. The number of ether oxygens (including phenoxy) is 3. The van der Waals surface area contributed by atoms with Gasteiger partial charge in [0.15, 0.2) is 0 Å². The molecule has 1 fully saturated rings. The van der Waals surface area contributed by atoms with Gasteiger partial charge in [0, 0.05) is 12.1 Å². The highest BCUT2D eigenvalue weighted by molar-refractivity contribution is 6.46. The number of carbonyl (C=O) groups excluding carboxylic acids is 3. The van der Waals surface area contributed by atoms with Crippen LogP contribution in [0, 0.1) is 0 Å². The summed E-state index contributed by atoms with van der Waals surface area (Å²) in [4.78, 5) is 42.4. The first-order valence-electron chi connectivity index (χ1n) is 10.3. The van der Waals surface area contributed by atoms with E-state index in [1.807, 2.05) is 0 Å². The van der Waals surface area contributed by atoms with E-state index in [0.29, 0.717) is 22.8 Å². The van der Waals surface area contributed by atoms with Gasteiger partial charge in [0.2, 0.25) is 0 Å².